The maximum Gasteiger partial charge on any atom is 0.329 e. The largest absolute Gasteiger partial charge is 0.467 e. The van der Waals surface area contributed by atoms with E-state index in [1.54, 1.807) is 66.7 Å². The third kappa shape index (κ3) is 6.13. The zero-order valence-corrected chi connectivity index (χ0v) is 21.2. The van der Waals surface area contributed by atoms with Crippen LogP contribution in [-0.2, 0) is 16.0 Å². The average molecular weight is 527 g/mol. The monoisotopic (exact) mass is 526 g/mol. The van der Waals surface area contributed by atoms with Crippen molar-refractivity contribution in [2.24, 2.45) is 5.11 Å². The van der Waals surface area contributed by atoms with Gasteiger partial charge >= 0.3 is 5.97 Å². The number of methoxy groups -OCH3 is 1. The van der Waals surface area contributed by atoms with Gasteiger partial charge in [-0.1, -0.05) is 77.4 Å². The van der Waals surface area contributed by atoms with Crippen molar-refractivity contribution in [1.82, 2.24) is 0 Å². The fourth-order valence-electron chi connectivity index (χ4n) is 3.96. The summed E-state index contributed by atoms with van der Waals surface area (Å²) in [6.07, 6.45) is 0.165. The van der Waals surface area contributed by atoms with E-state index < -0.39 is 17.9 Å². The number of carbonyl (C=O) groups is 2. The van der Waals surface area contributed by atoms with Gasteiger partial charge in [-0.3, -0.25) is 9.69 Å². The van der Waals surface area contributed by atoms with Gasteiger partial charge in [-0.15, -0.1) is 0 Å². The first-order chi connectivity index (χ1) is 18.5. The summed E-state index contributed by atoms with van der Waals surface area (Å²) in [5.74, 6) is -0.371. The van der Waals surface area contributed by atoms with Crippen LogP contribution in [0.1, 0.15) is 15.9 Å². The Labute approximate surface area is 224 Å². The first-order valence-electron chi connectivity index (χ1n) is 11.6. The highest BCUT2D eigenvalue weighted by molar-refractivity contribution is 6.30. The van der Waals surface area contributed by atoms with Crippen molar-refractivity contribution in [3.63, 3.8) is 0 Å². The van der Waals surface area contributed by atoms with Gasteiger partial charge in [-0.2, -0.15) is 0 Å². The Hall–Kier alpha value is -4.78. The first-order valence-corrected chi connectivity index (χ1v) is 12.0. The SMILES string of the molecule is COC(=O)[C@H](Cc1ccccc1)N(C(=O)c1ccccc1N=[N+]=[N-])c1ccccc1Oc1ccc(Cl)cc1. The number of azide groups is 1. The molecule has 0 saturated carbocycles. The highest BCUT2D eigenvalue weighted by atomic mass is 35.5. The summed E-state index contributed by atoms with van der Waals surface area (Å²) in [7, 11) is 1.27. The summed E-state index contributed by atoms with van der Waals surface area (Å²) in [4.78, 5) is 31.6. The van der Waals surface area contributed by atoms with Gasteiger partial charge in [0, 0.05) is 21.9 Å². The van der Waals surface area contributed by atoms with E-state index >= 15 is 0 Å². The highest BCUT2D eigenvalue weighted by Gasteiger charge is 2.35. The van der Waals surface area contributed by atoms with Crippen LogP contribution in [0.5, 0.6) is 11.5 Å². The Morgan fingerprint density at radius 2 is 1.58 bits per heavy atom. The third-order valence-corrected chi connectivity index (χ3v) is 5.98. The second-order valence-corrected chi connectivity index (χ2v) is 8.57. The van der Waals surface area contributed by atoms with E-state index in [4.69, 9.17) is 26.6 Å². The molecule has 0 aromatic heterocycles. The first kappa shape index (κ1) is 26.3. The van der Waals surface area contributed by atoms with Gasteiger partial charge in [0.2, 0.25) is 0 Å². The maximum absolute atomic E-state index is 14.2. The molecular weight excluding hydrogens is 504 g/mol. The minimum atomic E-state index is -1.07. The number of halogens is 1. The molecule has 0 N–H and O–H groups in total. The number of benzene rings is 4. The molecule has 0 bridgehead atoms. The Kier molecular flexibility index (Phi) is 8.61. The van der Waals surface area contributed by atoms with Crippen molar-refractivity contribution in [2.75, 3.05) is 12.0 Å². The second kappa shape index (κ2) is 12.5. The number of para-hydroxylation sites is 2. The summed E-state index contributed by atoms with van der Waals surface area (Å²) in [6.45, 7) is 0. The van der Waals surface area contributed by atoms with Gasteiger partial charge in [0.05, 0.1) is 18.5 Å². The predicted octanol–water partition coefficient (Wildman–Crippen LogP) is 7.51. The standard InChI is InChI=1S/C29H23ClN4O4/c1-37-29(36)26(19-20-9-3-2-4-10-20)34(28(35)23-11-5-6-12-24(23)32-33-31)25-13-7-8-14-27(25)38-22-17-15-21(30)16-18-22/h2-18,26H,19H2,1H3/t26-/m0/s1. The van der Waals surface area contributed by atoms with Crippen molar-refractivity contribution >= 4 is 34.9 Å². The van der Waals surface area contributed by atoms with Gasteiger partial charge < -0.3 is 9.47 Å². The van der Waals surface area contributed by atoms with Gasteiger partial charge in [-0.25, -0.2) is 4.79 Å². The van der Waals surface area contributed by atoms with Gasteiger partial charge in [0.1, 0.15) is 11.8 Å². The topological polar surface area (TPSA) is 105 Å². The van der Waals surface area contributed by atoms with Crippen molar-refractivity contribution in [3.8, 4) is 11.5 Å². The Morgan fingerprint density at radius 3 is 2.29 bits per heavy atom. The van der Waals surface area contributed by atoms with E-state index in [1.165, 1.54) is 18.1 Å². The number of hydrogen-bond acceptors (Lipinski definition) is 5. The number of amides is 1. The predicted molar refractivity (Wildman–Crippen MR) is 146 cm³/mol. The molecule has 4 rings (SSSR count). The highest BCUT2D eigenvalue weighted by Crippen LogP contribution is 2.36. The molecule has 1 amide bonds. The molecule has 4 aromatic carbocycles. The quantitative estimate of drug-likeness (QED) is 0.0973. The van der Waals surface area contributed by atoms with E-state index in [-0.39, 0.29) is 17.7 Å². The molecule has 0 aliphatic rings. The van der Waals surface area contributed by atoms with Gasteiger partial charge in [0.15, 0.2) is 5.75 Å². The molecule has 4 aromatic rings. The van der Waals surface area contributed by atoms with E-state index in [0.717, 1.165) is 5.56 Å². The third-order valence-electron chi connectivity index (χ3n) is 5.73. The summed E-state index contributed by atoms with van der Waals surface area (Å²) in [5, 5.41) is 4.23. The Bertz CT molecular complexity index is 1470. The van der Waals surface area contributed by atoms with Crippen LogP contribution < -0.4 is 9.64 Å². The van der Waals surface area contributed by atoms with Crippen LogP contribution in [0.15, 0.2) is 108 Å². The lowest BCUT2D eigenvalue weighted by atomic mass is 10.0. The number of anilines is 1. The summed E-state index contributed by atoms with van der Waals surface area (Å²) < 4.78 is 11.3. The van der Waals surface area contributed by atoms with Crippen LogP contribution in [0.25, 0.3) is 10.4 Å². The molecule has 0 spiro atoms. The number of nitrogens with zero attached hydrogens (tertiary/aromatic N) is 4. The molecule has 1 atom stereocenters. The number of ether oxygens (including phenoxy) is 2. The number of carbonyl (C=O) groups excluding carboxylic acids is 2. The van der Waals surface area contributed by atoms with Crippen molar-refractivity contribution in [3.05, 3.63) is 130 Å². The Morgan fingerprint density at radius 1 is 0.921 bits per heavy atom. The smallest absolute Gasteiger partial charge is 0.329 e. The zero-order chi connectivity index (χ0) is 26.9. The summed E-state index contributed by atoms with van der Waals surface area (Å²) >= 11 is 6.02. The molecule has 38 heavy (non-hydrogen) atoms. The lowest BCUT2D eigenvalue weighted by Gasteiger charge is -2.32. The second-order valence-electron chi connectivity index (χ2n) is 8.13. The fraction of sp³-hybridized carbons (Fsp3) is 0.103. The van der Waals surface area contributed by atoms with Crippen molar-refractivity contribution < 1.29 is 19.1 Å². The summed E-state index contributed by atoms with van der Waals surface area (Å²) in [5.41, 5.74) is 10.5. The molecule has 0 heterocycles. The van der Waals surface area contributed by atoms with E-state index in [9.17, 15) is 9.59 Å². The Balaban J connectivity index is 1.88. The molecular formula is C29H23ClN4O4. The lowest BCUT2D eigenvalue weighted by Crippen LogP contribution is -2.47. The van der Waals surface area contributed by atoms with E-state index in [0.29, 0.717) is 22.2 Å². The number of esters is 1. The average Bonchev–Trinajstić information content (AvgIpc) is 2.95. The molecule has 0 unspecified atom stereocenters. The lowest BCUT2D eigenvalue weighted by molar-refractivity contribution is -0.142. The minimum Gasteiger partial charge on any atom is -0.467 e. The maximum atomic E-state index is 14.2. The van der Waals surface area contributed by atoms with Crippen LogP contribution in [0.4, 0.5) is 11.4 Å². The number of hydrogen-bond donors (Lipinski definition) is 0. The zero-order valence-electron chi connectivity index (χ0n) is 20.4. The molecule has 0 aliphatic heterocycles. The molecule has 0 fully saturated rings. The van der Waals surface area contributed by atoms with Crippen LogP contribution in [-0.4, -0.2) is 25.0 Å². The van der Waals surface area contributed by atoms with Crippen LogP contribution in [0.2, 0.25) is 5.02 Å². The van der Waals surface area contributed by atoms with Crippen LogP contribution >= 0.6 is 11.6 Å². The molecule has 190 valence electrons. The number of rotatable bonds is 9. The fourth-order valence-corrected chi connectivity index (χ4v) is 4.09. The van der Waals surface area contributed by atoms with Crippen LogP contribution in [0.3, 0.4) is 0 Å². The molecule has 8 nitrogen and oxygen atoms in total. The van der Waals surface area contributed by atoms with Gasteiger partial charge in [0.25, 0.3) is 5.91 Å². The minimum absolute atomic E-state index is 0.119. The van der Waals surface area contributed by atoms with Crippen molar-refractivity contribution in [2.45, 2.75) is 12.5 Å². The van der Waals surface area contributed by atoms with Gasteiger partial charge in [-0.05, 0) is 53.6 Å². The van der Waals surface area contributed by atoms with Crippen molar-refractivity contribution in [1.29, 1.82) is 0 Å². The molecule has 0 aliphatic carbocycles. The summed E-state index contributed by atoms with van der Waals surface area (Å²) in [6, 6.07) is 28.3. The van der Waals surface area contributed by atoms with E-state index in [1.807, 2.05) is 30.3 Å². The van der Waals surface area contributed by atoms with Crippen LogP contribution in [0, 0.1) is 0 Å². The molecule has 0 saturated heterocycles. The molecule has 0 radical (unpaired) electrons. The molecule has 9 heteroatoms. The van der Waals surface area contributed by atoms with E-state index in [2.05, 4.69) is 10.0 Å². The normalized spacial score (nSPS) is 11.1.